The van der Waals surface area contributed by atoms with E-state index in [0.29, 0.717) is 11.4 Å². The summed E-state index contributed by atoms with van der Waals surface area (Å²) in [6, 6.07) is 1.70. The van der Waals surface area contributed by atoms with Crippen LogP contribution in [0.3, 0.4) is 0 Å². The fourth-order valence-corrected chi connectivity index (χ4v) is 1.57. The van der Waals surface area contributed by atoms with Gasteiger partial charge in [0.05, 0.1) is 11.4 Å². The number of nitrogens with zero attached hydrogens (tertiary/aromatic N) is 4. The molecule has 6 nitrogen and oxygen atoms in total. The van der Waals surface area contributed by atoms with Crippen LogP contribution in [0.5, 0.6) is 0 Å². The molecule has 6 heteroatoms. The van der Waals surface area contributed by atoms with Gasteiger partial charge in [-0.2, -0.15) is 10.2 Å². The molecule has 0 bridgehead atoms. The number of amides is 1. The van der Waals surface area contributed by atoms with Gasteiger partial charge in [0.1, 0.15) is 0 Å². The third-order valence-corrected chi connectivity index (χ3v) is 2.46. The van der Waals surface area contributed by atoms with Gasteiger partial charge in [-0.05, 0) is 19.9 Å². The third kappa shape index (κ3) is 2.35. The summed E-state index contributed by atoms with van der Waals surface area (Å²) in [6.07, 6.45) is 3.55. The lowest BCUT2D eigenvalue weighted by atomic mass is 10.3. The van der Waals surface area contributed by atoms with Crippen molar-refractivity contribution in [1.29, 1.82) is 0 Å². The van der Waals surface area contributed by atoms with Crippen LogP contribution in [0.4, 0.5) is 5.69 Å². The molecule has 2 aromatic rings. The fourth-order valence-electron chi connectivity index (χ4n) is 1.57. The molecule has 0 unspecified atom stereocenters. The minimum absolute atomic E-state index is 0.215. The van der Waals surface area contributed by atoms with Crippen molar-refractivity contribution >= 4 is 11.6 Å². The molecule has 17 heavy (non-hydrogen) atoms. The van der Waals surface area contributed by atoms with Crippen molar-refractivity contribution in [3.63, 3.8) is 0 Å². The Morgan fingerprint density at radius 1 is 1.47 bits per heavy atom. The number of nitrogens with one attached hydrogen (secondary N) is 1. The molecule has 0 radical (unpaired) electrons. The van der Waals surface area contributed by atoms with E-state index in [1.165, 1.54) is 0 Å². The molecule has 1 amide bonds. The van der Waals surface area contributed by atoms with Crippen molar-refractivity contribution in [1.82, 2.24) is 19.6 Å². The molecule has 0 aliphatic heterocycles. The topological polar surface area (TPSA) is 64.7 Å². The van der Waals surface area contributed by atoms with Gasteiger partial charge in [0.15, 0.2) is 5.69 Å². The molecule has 0 fully saturated rings. The first kappa shape index (κ1) is 11.4. The smallest absolute Gasteiger partial charge is 0.276 e. The van der Waals surface area contributed by atoms with Crippen molar-refractivity contribution in [3.05, 3.63) is 29.8 Å². The lowest BCUT2D eigenvalue weighted by Crippen LogP contribution is -2.13. The Morgan fingerprint density at radius 3 is 2.76 bits per heavy atom. The summed E-state index contributed by atoms with van der Waals surface area (Å²) in [6.45, 7) is 4.57. The Kier molecular flexibility index (Phi) is 2.95. The third-order valence-electron chi connectivity index (χ3n) is 2.46. The van der Waals surface area contributed by atoms with E-state index in [1.807, 2.05) is 20.9 Å². The van der Waals surface area contributed by atoms with E-state index in [0.717, 1.165) is 12.2 Å². The molecule has 2 heterocycles. The van der Waals surface area contributed by atoms with E-state index >= 15 is 0 Å². The Balaban J connectivity index is 2.14. The lowest BCUT2D eigenvalue weighted by molar-refractivity contribution is 0.102. The van der Waals surface area contributed by atoms with Gasteiger partial charge in [0, 0.05) is 26.0 Å². The standard InChI is InChI=1S/C11H15N5O/c1-4-16-6-5-9(14-16)11(17)12-10-7-15(3)13-8(10)2/h5-7H,4H2,1-3H3,(H,12,17). The van der Waals surface area contributed by atoms with Crippen LogP contribution < -0.4 is 5.32 Å². The predicted molar refractivity (Wildman–Crippen MR) is 63.8 cm³/mol. The summed E-state index contributed by atoms with van der Waals surface area (Å²) in [5.74, 6) is -0.215. The largest absolute Gasteiger partial charge is 0.318 e. The highest BCUT2D eigenvalue weighted by molar-refractivity contribution is 6.03. The molecule has 0 aliphatic rings. The summed E-state index contributed by atoms with van der Waals surface area (Å²) >= 11 is 0. The first-order valence-electron chi connectivity index (χ1n) is 5.45. The number of carbonyl (C=O) groups is 1. The van der Waals surface area contributed by atoms with E-state index in [1.54, 1.807) is 27.8 Å². The van der Waals surface area contributed by atoms with E-state index in [2.05, 4.69) is 15.5 Å². The maximum Gasteiger partial charge on any atom is 0.276 e. The van der Waals surface area contributed by atoms with Crippen LogP contribution in [-0.2, 0) is 13.6 Å². The van der Waals surface area contributed by atoms with Gasteiger partial charge in [-0.15, -0.1) is 0 Å². The monoisotopic (exact) mass is 233 g/mol. The van der Waals surface area contributed by atoms with Gasteiger partial charge in [-0.3, -0.25) is 14.2 Å². The normalized spacial score (nSPS) is 10.5. The summed E-state index contributed by atoms with van der Waals surface area (Å²) in [5.41, 5.74) is 1.91. The molecule has 0 saturated heterocycles. The highest BCUT2D eigenvalue weighted by Crippen LogP contribution is 2.12. The van der Waals surface area contributed by atoms with Gasteiger partial charge >= 0.3 is 0 Å². The average molecular weight is 233 g/mol. The molecule has 2 aromatic heterocycles. The maximum absolute atomic E-state index is 11.9. The first-order valence-corrected chi connectivity index (χ1v) is 5.45. The van der Waals surface area contributed by atoms with Crippen LogP contribution in [0.25, 0.3) is 0 Å². The van der Waals surface area contributed by atoms with Gasteiger partial charge < -0.3 is 5.32 Å². The summed E-state index contributed by atoms with van der Waals surface area (Å²) < 4.78 is 3.38. The Morgan fingerprint density at radius 2 is 2.24 bits per heavy atom. The maximum atomic E-state index is 11.9. The van der Waals surface area contributed by atoms with Gasteiger partial charge in [0.2, 0.25) is 0 Å². The number of rotatable bonds is 3. The quantitative estimate of drug-likeness (QED) is 0.866. The SMILES string of the molecule is CCn1ccc(C(=O)Nc2cn(C)nc2C)n1. The fraction of sp³-hybridized carbons (Fsp3) is 0.364. The summed E-state index contributed by atoms with van der Waals surface area (Å²) in [4.78, 5) is 11.9. The predicted octanol–water partition coefficient (Wildman–Crippen LogP) is 1.20. The highest BCUT2D eigenvalue weighted by Gasteiger charge is 2.12. The molecular weight excluding hydrogens is 218 g/mol. The molecular formula is C11H15N5O. The Bertz CT molecular complexity index is 540. The zero-order chi connectivity index (χ0) is 12.4. The van der Waals surface area contributed by atoms with E-state index in [4.69, 9.17) is 0 Å². The number of anilines is 1. The molecule has 90 valence electrons. The van der Waals surface area contributed by atoms with Crippen molar-refractivity contribution in [3.8, 4) is 0 Å². The van der Waals surface area contributed by atoms with E-state index in [9.17, 15) is 4.79 Å². The van der Waals surface area contributed by atoms with Crippen LogP contribution in [0.1, 0.15) is 23.1 Å². The average Bonchev–Trinajstić information content (AvgIpc) is 2.86. The van der Waals surface area contributed by atoms with Crippen LogP contribution in [0, 0.1) is 6.92 Å². The number of hydrogen-bond acceptors (Lipinski definition) is 3. The minimum atomic E-state index is -0.215. The number of aryl methyl sites for hydroxylation is 3. The van der Waals surface area contributed by atoms with Crippen LogP contribution in [-0.4, -0.2) is 25.5 Å². The molecule has 0 aliphatic carbocycles. The van der Waals surface area contributed by atoms with E-state index in [-0.39, 0.29) is 5.91 Å². The Hall–Kier alpha value is -2.11. The second-order valence-corrected chi connectivity index (χ2v) is 3.81. The van der Waals surface area contributed by atoms with Crippen molar-refractivity contribution in [2.24, 2.45) is 7.05 Å². The first-order chi connectivity index (χ1) is 8.10. The number of carbonyl (C=O) groups excluding carboxylic acids is 1. The van der Waals surface area contributed by atoms with Crippen molar-refractivity contribution in [2.45, 2.75) is 20.4 Å². The number of aromatic nitrogens is 4. The van der Waals surface area contributed by atoms with Crippen molar-refractivity contribution in [2.75, 3.05) is 5.32 Å². The molecule has 0 spiro atoms. The molecule has 2 rings (SSSR count). The minimum Gasteiger partial charge on any atom is -0.318 e. The van der Waals surface area contributed by atoms with Crippen molar-refractivity contribution < 1.29 is 4.79 Å². The molecule has 0 saturated carbocycles. The number of hydrogen-bond donors (Lipinski definition) is 1. The van der Waals surface area contributed by atoms with Crippen LogP contribution in [0.2, 0.25) is 0 Å². The molecule has 0 aromatic carbocycles. The Labute approximate surface area is 99.2 Å². The summed E-state index contributed by atoms with van der Waals surface area (Å²) in [5, 5.41) is 11.1. The lowest BCUT2D eigenvalue weighted by Gasteiger charge is -2.00. The second kappa shape index (κ2) is 4.40. The summed E-state index contributed by atoms with van der Waals surface area (Å²) in [7, 11) is 1.81. The molecule has 0 atom stereocenters. The van der Waals surface area contributed by atoms with E-state index < -0.39 is 0 Å². The zero-order valence-electron chi connectivity index (χ0n) is 10.1. The van der Waals surface area contributed by atoms with Gasteiger partial charge in [0.25, 0.3) is 5.91 Å². The molecule has 1 N–H and O–H groups in total. The highest BCUT2D eigenvalue weighted by atomic mass is 16.2. The van der Waals surface area contributed by atoms with Gasteiger partial charge in [-0.25, -0.2) is 0 Å². The van der Waals surface area contributed by atoms with Crippen LogP contribution >= 0.6 is 0 Å². The van der Waals surface area contributed by atoms with Gasteiger partial charge in [-0.1, -0.05) is 0 Å². The zero-order valence-corrected chi connectivity index (χ0v) is 10.1. The second-order valence-electron chi connectivity index (χ2n) is 3.81. The van der Waals surface area contributed by atoms with Crippen LogP contribution in [0.15, 0.2) is 18.5 Å².